The molecule has 0 aromatic heterocycles. The van der Waals surface area contributed by atoms with Gasteiger partial charge in [0.1, 0.15) is 0 Å². The van der Waals surface area contributed by atoms with Gasteiger partial charge in [0.15, 0.2) is 5.75 Å². The molecule has 1 unspecified atom stereocenters. The quantitative estimate of drug-likeness (QED) is 0.746. The number of hydrogen-bond acceptors (Lipinski definition) is 6. The van der Waals surface area contributed by atoms with Gasteiger partial charge in [0.05, 0.1) is 17.9 Å². The van der Waals surface area contributed by atoms with Crippen molar-refractivity contribution in [1.29, 1.82) is 0 Å². The number of phenols is 1. The molecule has 140 valence electrons. The van der Waals surface area contributed by atoms with E-state index in [0.29, 0.717) is 19.7 Å². The first-order valence-electron chi connectivity index (χ1n) is 8.29. The number of phenolic OH excluding ortho intramolecular Hbond substituents is 1. The van der Waals surface area contributed by atoms with E-state index in [0.717, 1.165) is 13.1 Å². The Morgan fingerprint density at radius 2 is 2.04 bits per heavy atom. The maximum Gasteiger partial charge on any atom is 0.271 e. The topological polar surface area (TPSA) is 107 Å². The molecule has 1 fully saturated rings. The van der Waals surface area contributed by atoms with Crippen LogP contribution in [0.3, 0.4) is 0 Å². The van der Waals surface area contributed by atoms with Gasteiger partial charge < -0.3 is 25.0 Å². The summed E-state index contributed by atoms with van der Waals surface area (Å²) in [4.78, 5) is 16.6. The molecule has 2 aliphatic rings. The van der Waals surface area contributed by atoms with Crippen molar-refractivity contribution in [3.8, 4) is 5.75 Å². The lowest BCUT2D eigenvalue weighted by Crippen LogP contribution is -2.47. The number of ether oxygens (including phenoxy) is 1. The number of nitrogens with one attached hydrogen (secondary N) is 1. The number of rotatable bonds is 3. The Labute approximate surface area is 154 Å². The number of nitrogens with zero attached hydrogens (tertiary/aromatic N) is 4. The maximum atomic E-state index is 12.7. The number of anilines is 1. The number of para-hydroxylation sites is 1. The number of hydrogen-bond donors (Lipinski definition) is 2. The highest BCUT2D eigenvalue weighted by Gasteiger charge is 2.26. The predicted molar refractivity (Wildman–Crippen MR) is 99.8 cm³/mol. The number of carbonyl (C=O) groups is 1. The molecule has 3 rings (SSSR count). The van der Waals surface area contributed by atoms with E-state index in [2.05, 4.69) is 19.0 Å². The molecule has 9 nitrogen and oxygen atoms in total. The van der Waals surface area contributed by atoms with Crippen molar-refractivity contribution < 1.29 is 18.8 Å². The Kier molecular flexibility index (Phi) is 5.52. The molecule has 2 heterocycles. The summed E-state index contributed by atoms with van der Waals surface area (Å²) in [5, 5.41) is 13.4. The van der Waals surface area contributed by atoms with Crippen LogP contribution < -0.4 is 5.32 Å². The van der Waals surface area contributed by atoms with E-state index in [1.807, 2.05) is 7.05 Å². The summed E-state index contributed by atoms with van der Waals surface area (Å²) in [6, 6.07) is 4.84. The third kappa shape index (κ3) is 3.86. The minimum absolute atomic E-state index is 0.112. The maximum absolute atomic E-state index is 12.7. The van der Waals surface area contributed by atoms with Gasteiger partial charge in [-0.2, -0.15) is 0 Å². The van der Waals surface area contributed by atoms with Gasteiger partial charge in [-0.25, -0.2) is 4.21 Å². The highest BCUT2D eigenvalue weighted by Crippen LogP contribution is 2.29. The third-order valence-corrected chi connectivity index (χ3v) is 4.78. The number of amides is 1. The van der Waals surface area contributed by atoms with Crippen LogP contribution in [-0.4, -0.2) is 76.6 Å². The number of likely N-dealkylation sites (N-methyl/N-ethyl adjacent to an activating group) is 1. The van der Waals surface area contributed by atoms with E-state index in [-0.39, 0.29) is 34.6 Å². The molecule has 1 aromatic carbocycles. The standard InChI is InChI=1S/C16H21N5O4S/c1-3-25-15-14(18-26(24)19-15)17-12-6-4-5-11(13(12)22)16(23)21-9-7-20(2)8-10-21/h4-6,22H,3,7-10H2,1-2H3,(H,17,18). The van der Waals surface area contributed by atoms with Crippen molar-refractivity contribution >= 4 is 34.5 Å². The molecule has 0 bridgehead atoms. The van der Waals surface area contributed by atoms with Crippen molar-refractivity contribution in [2.75, 3.05) is 45.2 Å². The fourth-order valence-electron chi connectivity index (χ4n) is 2.68. The highest BCUT2D eigenvalue weighted by molar-refractivity contribution is 7.83. The van der Waals surface area contributed by atoms with Crippen LogP contribution in [0, 0.1) is 0 Å². The fraction of sp³-hybridized carbons (Fsp3) is 0.438. The molecule has 2 aliphatic heterocycles. The molecule has 1 atom stereocenters. The van der Waals surface area contributed by atoms with Crippen LogP contribution in [0.25, 0.3) is 0 Å². The molecule has 0 radical (unpaired) electrons. The zero-order valence-corrected chi connectivity index (χ0v) is 15.5. The normalized spacial score (nSPS) is 20.5. The molecular formula is C16H21N5O4S. The average molecular weight is 379 g/mol. The lowest BCUT2D eigenvalue weighted by molar-refractivity contribution is 0.0661. The summed E-state index contributed by atoms with van der Waals surface area (Å²) < 4.78 is 24.4. The molecule has 1 saturated heterocycles. The van der Waals surface area contributed by atoms with Crippen molar-refractivity contribution in [3.63, 3.8) is 0 Å². The van der Waals surface area contributed by atoms with Crippen LogP contribution in [0.4, 0.5) is 5.69 Å². The number of piperazine rings is 1. The second kappa shape index (κ2) is 7.83. The molecule has 1 amide bonds. The van der Waals surface area contributed by atoms with Crippen molar-refractivity contribution in [2.45, 2.75) is 6.92 Å². The number of amidine groups is 1. The fourth-order valence-corrected chi connectivity index (χ4v) is 3.29. The monoisotopic (exact) mass is 379 g/mol. The van der Waals surface area contributed by atoms with Crippen LogP contribution in [0.15, 0.2) is 27.0 Å². The van der Waals surface area contributed by atoms with Gasteiger partial charge in [-0.05, 0) is 26.1 Å². The van der Waals surface area contributed by atoms with Gasteiger partial charge in [0.2, 0.25) is 5.84 Å². The summed E-state index contributed by atoms with van der Waals surface area (Å²) in [5.41, 5.74) is 0.476. The van der Waals surface area contributed by atoms with Gasteiger partial charge in [-0.15, -0.1) is 8.80 Å². The first-order chi connectivity index (χ1) is 12.5. The van der Waals surface area contributed by atoms with Crippen molar-refractivity contribution in [2.24, 2.45) is 8.80 Å². The Hall–Kier alpha value is -2.46. The molecule has 0 aliphatic carbocycles. The number of benzene rings is 1. The molecule has 2 N–H and O–H groups in total. The summed E-state index contributed by atoms with van der Waals surface area (Å²) in [6.45, 7) is 4.92. The first-order valence-corrected chi connectivity index (χ1v) is 9.35. The largest absolute Gasteiger partial charge is 0.505 e. The molecule has 0 spiro atoms. The second-order valence-corrected chi connectivity index (χ2v) is 6.75. The van der Waals surface area contributed by atoms with E-state index >= 15 is 0 Å². The first kappa shape index (κ1) is 18.3. The zero-order chi connectivity index (χ0) is 18.7. The van der Waals surface area contributed by atoms with Gasteiger partial charge >= 0.3 is 0 Å². The van der Waals surface area contributed by atoms with Gasteiger partial charge in [-0.1, -0.05) is 6.07 Å². The van der Waals surface area contributed by atoms with E-state index in [1.54, 1.807) is 30.0 Å². The molecule has 0 saturated carbocycles. The Bertz CT molecular complexity index is 787. The number of aromatic hydroxyl groups is 1. The highest BCUT2D eigenvalue weighted by atomic mass is 32.2. The van der Waals surface area contributed by atoms with E-state index in [4.69, 9.17) is 4.74 Å². The smallest absolute Gasteiger partial charge is 0.271 e. The molecule has 1 aromatic rings. The summed E-state index contributed by atoms with van der Waals surface area (Å²) >= 11 is -1.76. The van der Waals surface area contributed by atoms with Gasteiger partial charge in [0.25, 0.3) is 23.0 Å². The van der Waals surface area contributed by atoms with Crippen LogP contribution in [0.2, 0.25) is 0 Å². The summed E-state index contributed by atoms with van der Waals surface area (Å²) in [7, 11) is 2.01. The van der Waals surface area contributed by atoms with Crippen LogP contribution >= 0.6 is 0 Å². The van der Waals surface area contributed by atoms with Crippen molar-refractivity contribution in [3.05, 3.63) is 23.8 Å². The second-order valence-electron chi connectivity index (χ2n) is 5.92. The lowest BCUT2D eigenvalue weighted by atomic mass is 10.1. The Morgan fingerprint density at radius 1 is 1.31 bits per heavy atom. The summed E-state index contributed by atoms with van der Waals surface area (Å²) in [6.07, 6.45) is 0. The zero-order valence-electron chi connectivity index (χ0n) is 14.6. The summed E-state index contributed by atoms with van der Waals surface area (Å²) in [5.74, 6) is -0.145. The molecule has 26 heavy (non-hydrogen) atoms. The Morgan fingerprint density at radius 3 is 2.73 bits per heavy atom. The van der Waals surface area contributed by atoms with Crippen LogP contribution in [0.1, 0.15) is 17.3 Å². The minimum Gasteiger partial charge on any atom is -0.505 e. The van der Waals surface area contributed by atoms with Gasteiger partial charge in [0, 0.05) is 26.2 Å². The molecule has 10 heteroatoms. The molecular weight excluding hydrogens is 358 g/mol. The SMILES string of the molecule is CCOC1=NS(=O)N=C1Nc1cccc(C(=O)N2CCN(C)CC2)c1O. The minimum atomic E-state index is -1.76. The van der Waals surface area contributed by atoms with E-state index in [9.17, 15) is 14.1 Å². The van der Waals surface area contributed by atoms with E-state index in [1.165, 1.54) is 0 Å². The lowest BCUT2D eigenvalue weighted by Gasteiger charge is -2.32. The van der Waals surface area contributed by atoms with E-state index < -0.39 is 11.2 Å². The van der Waals surface area contributed by atoms with Gasteiger partial charge in [-0.3, -0.25) is 4.79 Å². The third-order valence-electron chi connectivity index (χ3n) is 4.12. The van der Waals surface area contributed by atoms with Crippen LogP contribution in [0.5, 0.6) is 5.75 Å². The van der Waals surface area contributed by atoms with Crippen molar-refractivity contribution in [1.82, 2.24) is 9.80 Å². The predicted octanol–water partition coefficient (Wildman–Crippen LogP) is 0.617. The number of carbonyl (C=O) groups excluding carboxylic acids is 1. The van der Waals surface area contributed by atoms with Crippen LogP contribution in [-0.2, 0) is 15.9 Å². The average Bonchev–Trinajstić information content (AvgIpc) is 2.96. The Balaban J connectivity index is 1.79.